The molecule has 0 spiro atoms. The number of benzene rings is 2. The van der Waals surface area contributed by atoms with Gasteiger partial charge in [0.2, 0.25) is 5.60 Å². The molecule has 0 saturated heterocycles. The summed E-state index contributed by atoms with van der Waals surface area (Å²) >= 11 is 0. The number of ether oxygens (including phenoxy) is 1. The van der Waals surface area contributed by atoms with Crippen LogP contribution in [0.4, 0.5) is 0 Å². The highest BCUT2D eigenvalue weighted by Gasteiger charge is 2.49. The number of rotatable bonds is 1. The van der Waals surface area contributed by atoms with E-state index in [1.54, 1.807) is 36.4 Å². The van der Waals surface area contributed by atoms with E-state index < -0.39 is 11.6 Å². The van der Waals surface area contributed by atoms with Gasteiger partial charge in [0.15, 0.2) is 0 Å². The zero-order valence-electron chi connectivity index (χ0n) is 9.88. The number of hydrogen-bond acceptors (Lipinski definition) is 3. The third-order valence-electron chi connectivity index (χ3n) is 3.22. The van der Waals surface area contributed by atoms with Gasteiger partial charge in [-0.1, -0.05) is 42.5 Å². The molecule has 3 heteroatoms. The van der Waals surface area contributed by atoms with E-state index in [1.807, 2.05) is 19.1 Å². The number of fused-ring (bicyclic) bond motifs is 1. The van der Waals surface area contributed by atoms with Crippen molar-refractivity contribution in [1.29, 1.82) is 0 Å². The second-order valence-corrected chi connectivity index (χ2v) is 4.47. The Morgan fingerprint density at radius 3 is 2.56 bits per heavy atom. The maximum atomic E-state index is 12.0. The Morgan fingerprint density at radius 1 is 1.11 bits per heavy atom. The Labute approximate surface area is 105 Å². The van der Waals surface area contributed by atoms with E-state index in [0.29, 0.717) is 16.9 Å². The lowest BCUT2D eigenvalue weighted by Crippen LogP contribution is -2.34. The fourth-order valence-electron chi connectivity index (χ4n) is 2.25. The molecule has 3 rings (SSSR count). The van der Waals surface area contributed by atoms with E-state index in [1.165, 1.54) is 0 Å². The van der Waals surface area contributed by atoms with Crippen LogP contribution in [0.3, 0.4) is 0 Å². The second kappa shape index (κ2) is 3.68. The summed E-state index contributed by atoms with van der Waals surface area (Å²) in [4.78, 5) is 12.0. The molecule has 1 atom stereocenters. The molecule has 0 aliphatic carbocycles. The van der Waals surface area contributed by atoms with Crippen LogP contribution >= 0.6 is 0 Å². The first-order valence-corrected chi connectivity index (χ1v) is 5.73. The largest absolute Gasteiger partial charge is 0.423 e. The topological polar surface area (TPSA) is 46.5 Å². The van der Waals surface area contributed by atoms with Crippen molar-refractivity contribution >= 4 is 5.97 Å². The summed E-state index contributed by atoms with van der Waals surface area (Å²) in [5.74, 6) is -0.208. The number of aliphatic hydroxyl groups is 1. The monoisotopic (exact) mass is 240 g/mol. The second-order valence-electron chi connectivity index (χ2n) is 4.47. The summed E-state index contributed by atoms with van der Waals surface area (Å²) in [6, 6.07) is 14.2. The summed E-state index contributed by atoms with van der Waals surface area (Å²) in [6.07, 6.45) is 0. The molecular weight excluding hydrogens is 228 g/mol. The fraction of sp³-hybridized carbons (Fsp3) is 0.133. The zero-order valence-corrected chi connectivity index (χ0v) is 9.88. The van der Waals surface area contributed by atoms with Crippen LogP contribution in [0, 0.1) is 6.92 Å². The van der Waals surface area contributed by atoms with Crippen molar-refractivity contribution in [3.8, 4) is 5.75 Å². The van der Waals surface area contributed by atoms with Crippen LogP contribution in [0.2, 0.25) is 0 Å². The van der Waals surface area contributed by atoms with E-state index in [2.05, 4.69) is 0 Å². The molecule has 1 unspecified atom stereocenters. The van der Waals surface area contributed by atoms with Gasteiger partial charge in [0.1, 0.15) is 5.75 Å². The van der Waals surface area contributed by atoms with Crippen molar-refractivity contribution in [2.45, 2.75) is 12.5 Å². The molecule has 0 amide bonds. The van der Waals surface area contributed by atoms with Gasteiger partial charge in [0.05, 0.1) is 0 Å². The summed E-state index contributed by atoms with van der Waals surface area (Å²) in [5, 5.41) is 10.7. The average molecular weight is 240 g/mol. The van der Waals surface area contributed by atoms with E-state index in [9.17, 15) is 9.90 Å². The third-order valence-corrected chi connectivity index (χ3v) is 3.22. The molecule has 0 fully saturated rings. The van der Waals surface area contributed by atoms with Gasteiger partial charge in [-0.25, -0.2) is 4.79 Å². The summed E-state index contributed by atoms with van der Waals surface area (Å²) in [7, 11) is 0. The van der Waals surface area contributed by atoms with Crippen LogP contribution in [0.1, 0.15) is 16.7 Å². The lowest BCUT2D eigenvalue weighted by molar-refractivity contribution is -0.147. The first-order chi connectivity index (χ1) is 8.62. The number of esters is 1. The smallest absolute Gasteiger partial charge is 0.353 e. The van der Waals surface area contributed by atoms with Gasteiger partial charge in [0, 0.05) is 5.56 Å². The maximum absolute atomic E-state index is 12.0. The average Bonchev–Trinajstić information content (AvgIpc) is 2.63. The van der Waals surface area contributed by atoms with Crippen molar-refractivity contribution < 1.29 is 14.6 Å². The van der Waals surface area contributed by atoms with Gasteiger partial charge < -0.3 is 9.84 Å². The minimum atomic E-state index is -1.69. The molecule has 90 valence electrons. The van der Waals surface area contributed by atoms with Gasteiger partial charge in [-0.15, -0.1) is 0 Å². The normalized spacial score (nSPS) is 21.6. The van der Waals surface area contributed by atoms with E-state index in [4.69, 9.17) is 4.74 Å². The number of carbonyl (C=O) groups is 1. The molecule has 2 aromatic carbocycles. The molecule has 1 heterocycles. The first kappa shape index (κ1) is 11.0. The maximum Gasteiger partial charge on any atom is 0.353 e. The van der Waals surface area contributed by atoms with Gasteiger partial charge in [-0.05, 0) is 24.1 Å². The van der Waals surface area contributed by atoms with Crippen LogP contribution in [0.5, 0.6) is 5.75 Å². The Hall–Kier alpha value is -2.13. The molecule has 1 N–H and O–H groups in total. The number of hydrogen-bond donors (Lipinski definition) is 1. The number of aryl methyl sites for hydroxylation is 1. The highest BCUT2D eigenvalue weighted by Crippen LogP contribution is 2.42. The lowest BCUT2D eigenvalue weighted by Gasteiger charge is -2.19. The molecule has 3 nitrogen and oxygen atoms in total. The minimum absolute atomic E-state index is 0.436. The number of carbonyl (C=O) groups excluding carboxylic acids is 1. The lowest BCUT2D eigenvalue weighted by atomic mass is 9.87. The fourth-order valence-corrected chi connectivity index (χ4v) is 2.25. The van der Waals surface area contributed by atoms with Crippen molar-refractivity contribution in [2.75, 3.05) is 0 Å². The molecule has 2 aromatic rings. The van der Waals surface area contributed by atoms with Crippen molar-refractivity contribution in [3.05, 3.63) is 65.2 Å². The molecule has 0 aromatic heterocycles. The third kappa shape index (κ3) is 1.38. The van der Waals surface area contributed by atoms with Gasteiger partial charge in [-0.3, -0.25) is 0 Å². The quantitative estimate of drug-likeness (QED) is 0.613. The summed E-state index contributed by atoms with van der Waals surface area (Å²) in [5.41, 5.74) is 0.324. The SMILES string of the molecule is Cc1ccc2c(c1)OC(=O)C2(O)c1ccccc1. The first-order valence-electron chi connectivity index (χ1n) is 5.73. The van der Waals surface area contributed by atoms with Gasteiger partial charge in [0.25, 0.3) is 0 Å². The molecule has 18 heavy (non-hydrogen) atoms. The Balaban J connectivity index is 2.23. The zero-order chi connectivity index (χ0) is 12.8. The van der Waals surface area contributed by atoms with E-state index in [-0.39, 0.29) is 0 Å². The Bertz CT molecular complexity index is 619. The van der Waals surface area contributed by atoms with Crippen LogP contribution in [-0.2, 0) is 10.4 Å². The highest BCUT2D eigenvalue weighted by molar-refractivity contribution is 5.92. The Kier molecular flexibility index (Phi) is 2.25. The highest BCUT2D eigenvalue weighted by atomic mass is 16.6. The molecule has 0 saturated carbocycles. The molecule has 1 aliphatic heterocycles. The van der Waals surface area contributed by atoms with Crippen LogP contribution in [-0.4, -0.2) is 11.1 Å². The van der Waals surface area contributed by atoms with Gasteiger partial charge >= 0.3 is 5.97 Å². The molecule has 1 aliphatic rings. The van der Waals surface area contributed by atoms with Crippen molar-refractivity contribution in [2.24, 2.45) is 0 Å². The van der Waals surface area contributed by atoms with Crippen molar-refractivity contribution in [3.63, 3.8) is 0 Å². The van der Waals surface area contributed by atoms with Crippen LogP contribution in [0.15, 0.2) is 48.5 Å². The predicted octanol–water partition coefficient (Wildman–Crippen LogP) is 2.15. The van der Waals surface area contributed by atoms with Crippen LogP contribution < -0.4 is 4.74 Å². The molecule has 0 bridgehead atoms. The Morgan fingerprint density at radius 2 is 1.83 bits per heavy atom. The molecular formula is C15H12O3. The minimum Gasteiger partial charge on any atom is -0.423 e. The predicted molar refractivity (Wildman–Crippen MR) is 66.3 cm³/mol. The standard InChI is InChI=1S/C15H12O3/c1-10-7-8-12-13(9-10)18-14(16)15(12,17)11-5-3-2-4-6-11/h2-9,17H,1H3. The summed E-state index contributed by atoms with van der Waals surface area (Å²) in [6.45, 7) is 1.91. The van der Waals surface area contributed by atoms with E-state index >= 15 is 0 Å². The van der Waals surface area contributed by atoms with Gasteiger partial charge in [-0.2, -0.15) is 0 Å². The van der Waals surface area contributed by atoms with Crippen molar-refractivity contribution in [1.82, 2.24) is 0 Å². The molecule has 0 radical (unpaired) electrons. The van der Waals surface area contributed by atoms with E-state index in [0.717, 1.165) is 5.56 Å². The van der Waals surface area contributed by atoms with Crippen LogP contribution in [0.25, 0.3) is 0 Å². The summed E-state index contributed by atoms with van der Waals surface area (Å²) < 4.78 is 5.17.